The summed E-state index contributed by atoms with van der Waals surface area (Å²) in [5, 5.41) is 20.5. The highest BCUT2D eigenvalue weighted by Gasteiger charge is 2.19. The van der Waals surface area contributed by atoms with E-state index in [0.29, 0.717) is 11.5 Å². The van der Waals surface area contributed by atoms with E-state index in [1.165, 1.54) is 44.1 Å². The fourth-order valence-corrected chi connectivity index (χ4v) is 3.67. The van der Waals surface area contributed by atoms with E-state index in [2.05, 4.69) is 13.0 Å². The van der Waals surface area contributed by atoms with Crippen molar-refractivity contribution >= 4 is 0 Å². The van der Waals surface area contributed by atoms with Crippen LogP contribution in [0, 0.1) is 13.8 Å². The molecule has 2 heteroatoms. The van der Waals surface area contributed by atoms with Crippen LogP contribution in [-0.4, -0.2) is 10.2 Å². The molecule has 0 saturated heterocycles. The Bertz CT molecular complexity index is 691. The molecule has 0 radical (unpaired) electrons. The van der Waals surface area contributed by atoms with E-state index in [-0.39, 0.29) is 5.92 Å². The van der Waals surface area contributed by atoms with Gasteiger partial charge in [0.15, 0.2) is 0 Å². The maximum Gasteiger partial charge on any atom is 0.122 e. The van der Waals surface area contributed by atoms with E-state index < -0.39 is 0 Å². The average molecular weight is 355 g/mol. The topological polar surface area (TPSA) is 40.5 Å². The zero-order valence-corrected chi connectivity index (χ0v) is 16.6. The molecule has 1 unspecified atom stereocenters. The SMILES string of the molecule is CCCCCCCCCC(c1ccc(O)c(C)c1)c1cccc(C)c1O. The Hall–Kier alpha value is -1.96. The van der Waals surface area contributed by atoms with Crippen molar-refractivity contribution in [3.8, 4) is 11.5 Å². The first-order valence-electron chi connectivity index (χ1n) is 10.1. The quantitative estimate of drug-likeness (QED) is 0.451. The fraction of sp³-hybridized carbons (Fsp3) is 0.500. The normalized spacial score (nSPS) is 12.3. The van der Waals surface area contributed by atoms with Gasteiger partial charge >= 0.3 is 0 Å². The Morgan fingerprint density at radius 2 is 1.50 bits per heavy atom. The van der Waals surface area contributed by atoms with Crippen molar-refractivity contribution in [2.75, 3.05) is 0 Å². The fourth-order valence-electron chi connectivity index (χ4n) is 3.67. The van der Waals surface area contributed by atoms with Gasteiger partial charge in [-0.25, -0.2) is 0 Å². The number of aromatic hydroxyl groups is 2. The number of unbranched alkanes of at least 4 members (excludes halogenated alkanes) is 6. The highest BCUT2D eigenvalue weighted by Crippen LogP contribution is 2.38. The summed E-state index contributed by atoms with van der Waals surface area (Å²) >= 11 is 0. The summed E-state index contributed by atoms with van der Waals surface area (Å²) in [6, 6.07) is 11.8. The molecule has 2 N–H and O–H groups in total. The first-order valence-corrected chi connectivity index (χ1v) is 10.1. The third-order valence-corrected chi connectivity index (χ3v) is 5.36. The molecule has 0 bridgehead atoms. The summed E-state index contributed by atoms with van der Waals surface area (Å²) in [6.07, 6.45) is 10.0. The maximum absolute atomic E-state index is 10.6. The second kappa shape index (κ2) is 10.3. The van der Waals surface area contributed by atoms with Gasteiger partial charge in [-0.3, -0.25) is 0 Å². The van der Waals surface area contributed by atoms with Crippen LogP contribution in [0.5, 0.6) is 11.5 Å². The number of phenolic OH excluding ortho intramolecular Hbond substituents is 2. The van der Waals surface area contributed by atoms with Crippen LogP contribution in [0.25, 0.3) is 0 Å². The highest BCUT2D eigenvalue weighted by atomic mass is 16.3. The molecule has 2 nitrogen and oxygen atoms in total. The van der Waals surface area contributed by atoms with Crippen LogP contribution in [0.3, 0.4) is 0 Å². The second-order valence-electron chi connectivity index (χ2n) is 7.52. The second-order valence-corrected chi connectivity index (χ2v) is 7.52. The van der Waals surface area contributed by atoms with Crippen molar-refractivity contribution in [2.24, 2.45) is 0 Å². The van der Waals surface area contributed by atoms with Crippen molar-refractivity contribution < 1.29 is 10.2 Å². The number of hydrogen-bond acceptors (Lipinski definition) is 2. The summed E-state index contributed by atoms with van der Waals surface area (Å²) in [5.41, 5.74) is 3.98. The Kier molecular flexibility index (Phi) is 8.03. The summed E-state index contributed by atoms with van der Waals surface area (Å²) in [4.78, 5) is 0. The Morgan fingerprint density at radius 3 is 2.19 bits per heavy atom. The molecular weight excluding hydrogens is 320 g/mol. The molecule has 0 aliphatic carbocycles. The van der Waals surface area contributed by atoms with E-state index in [4.69, 9.17) is 0 Å². The third-order valence-electron chi connectivity index (χ3n) is 5.36. The average Bonchev–Trinajstić information content (AvgIpc) is 2.63. The molecule has 0 spiro atoms. The van der Waals surface area contributed by atoms with Gasteiger partial charge in [-0.1, -0.05) is 82.2 Å². The van der Waals surface area contributed by atoms with Gasteiger partial charge in [0.2, 0.25) is 0 Å². The van der Waals surface area contributed by atoms with Gasteiger partial charge in [-0.2, -0.15) is 0 Å². The molecule has 2 rings (SSSR count). The number of aryl methyl sites for hydroxylation is 2. The molecule has 0 aliphatic heterocycles. The van der Waals surface area contributed by atoms with Gasteiger partial charge in [-0.15, -0.1) is 0 Å². The van der Waals surface area contributed by atoms with Gasteiger partial charge in [0.1, 0.15) is 11.5 Å². The van der Waals surface area contributed by atoms with Gasteiger partial charge in [0.25, 0.3) is 0 Å². The Labute approximate surface area is 158 Å². The molecule has 1 atom stereocenters. The van der Waals surface area contributed by atoms with Crippen molar-refractivity contribution in [2.45, 2.75) is 78.1 Å². The largest absolute Gasteiger partial charge is 0.508 e. The lowest BCUT2D eigenvalue weighted by atomic mass is 9.84. The number of hydrogen-bond donors (Lipinski definition) is 2. The molecule has 0 saturated carbocycles. The molecule has 0 aromatic heterocycles. The van der Waals surface area contributed by atoms with Crippen LogP contribution in [0.1, 0.15) is 86.5 Å². The van der Waals surface area contributed by atoms with Crippen LogP contribution in [0.2, 0.25) is 0 Å². The minimum atomic E-state index is 0.171. The molecular formula is C24H34O2. The molecule has 0 fully saturated rings. The maximum atomic E-state index is 10.6. The summed E-state index contributed by atoms with van der Waals surface area (Å²) in [6.45, 7) is 6.13. The molecule has 0 aliphatic rings. The van der Waals surface area contributed by atoms with E-state index in [0.717, 1.165) is 29.5 Å². The van der Waals surface area contributed by atoms with E-state index >= 15 is 0 Å². The third kappa shape index (κ3) is 5.52. The van der Waals surface area contributed by atoms with Crippen LogP contribution in [-0.2, 0) is 0 Å². The molecule has 142 valence electrons. The highest BCUT2D eigenvalue weighted by molar-refractivity contribution is 5.47. The van der Waals surface area contributed by atoms with Crippen molar-refractivity contribution in [1.82, 2.24) is 0 Å². The van der Waals surface area contributed by atoms with Crippen molar-refractivity contribution in [3.63, 3.8) is 0 Å². The first-order chi connectivity index (χ1) is 12.5. The Morgan fingerprint density at radius 1 is 0.808 bits per heavy atom. The first kappa shape index (κ1) is 20.4. The summed E-state index contributed by atoms with van der Waals surface area (Å²) < 4.78 is 0. The molecule has 2 aromatic rings. The Balaban J connectivity index is 2.12. The van der Waals surface area contributed by atoms with E-state index in [1.807, 2.05) is 38.1 Å². The van der Waals surface area contributed by atoms with Gasteiger partial charge in [0.05, 0.1) is 0 Å². The summed E-state index contributed by atoms with van der Waals surface area (Å²) in [5.74, 6) is 0.910. The number of benzene rings is 2. The van der Waals surface area contributed by atoms with Gasteiger partial charge < -0.3 is 10.2 Å². The molecule has 0 amide bonds. The van der Waals surface area contributed by atoms with Crippen molar-refractivity contribution in [3.05, 3.63) is 58.7 Å². The zero-order valence-electron chi connectivity index (χ0n) is 16.6. The predicted octanol–water partition coefficient (Wildman–Crippen LogP) is 6.99. The van der Waals surface area contributed by atoms with E-state index in [9.17, 15) is 10.2 Å². The molecule has 2 aromatic carbocycles. The monoisotopic (exact) mass is 354 g/mol. The zero-order chi connectivity index (χ0) is 18.9. The standard InChI is InChI=1S/C24H34O2/c1-4-5-6-7-8-9-10-13-21(20-15-16-23(25)19(3)17-20)22-14-11-12-18(2)24(22)26/h11-12,14-17,21,25-26H,4-10,13H2,1-3H3. The van der Waals surface area contributed by atoms with E-state index in [1.54, 1.807) is 6.07 Å². The minimum absolute atomic E-state index is 0.171. The van der Waals surface area contributed by atoms with Crippen LogP contribution in [0.4, 0.5) is 0 Å². The summed E-state index contributed by atoms with van der Waals surface area (Å²) in [7, 11) is 0. The molecule has 26 heavy (non-hydrogen) atoms. The van der Waals surface area contributed by atoms with Gasteiger partial charge in [0, 0.05) is 11.5 Å². The molecule has 0 heterocycles. The number of para-hydroxylation sites is 1. The van der Waals surface area contributed by atoms with Crippen molar-refractivity contribution in [1.29, 1.82) is 0 Å². The number of rotatable bonds is 10. The van der Waals surface area contributed by atoms with Crippen LogP contribution < -0.4 is 0 Å². The minimum Gasteiger partial charge on any atom is -0.508 e. The predicted molar refractivity (Wildman–Crippen MR) is 110 cm³/mol. The lowest BCUT2D eigenvalue weighted by Gasteiger charge is -2.21. The number of phenols is 2. The lowest BCUT2D eigenvalue weighted by molar-refractivity contribution is 0.455. The van der Waals surface area contributed by atoms with Gasteiger partial charge in [-0.05, 0) is 43.0 Å². The van der Waals surface area contributed by atoms with Crippen LogP contribution >= 0.6 is 0 Å². The smallest absolute Gasteiger partial charge is 0.122 e. The lowest BCUT2D eigenvalue weighted by Crippen LogP contribution is -2.03. The van der Waals surface area contributed by atoms with Crippen LogP contribution in [0.15, 0.2) is 36.4 Å².